The molecule has 1 rings (SSSR count). The van der Waals surface area contributed by atoms with Crippen molar-refractivity contribution in [2.24, 2.45) is 0 Å². The van der Waals surface area contributed by atoms with Crippen LogP contribution in [0.1, 0.15) is 19.4 Å². The first kappa shape index (κ1) is 12.6. The third-order valence-corrected chi connectivity index (χ3v) is 2.03. The molecule has 0 aliphatic heterocycles. The number of alkyl halides is 3. The first-order valence-corrected chi connectivity index (χ1v) is 4.94. The Morgan fingerprint density at radius 1 is 1.19 bits per heavy atom. The molecular weight excluding hydrogens is 215 g/mol. The molecule has 0 aliphatic carbocycles. The summed E-state index contributed by atoms with van der Waals surface area (Å²) in [6, 6.07) is 5.01. The highest BCUT2D eigenvalue weighted by molar-refractivity contribution is 5.45. The summed E-state index contributed by atoms with van der Waals surface area (Å²) in [4.78, 5) is 0. The van der Waals surface area contributed by atoms with Crippen molar-refractivity contribution in [2.75, 3.05) is 11.9 Å². The van der Waals surface area contributed by atoms with Gasteiger partial charge in [-0.2, -0.15) is 13.2 Å². The summed E-state index contributed by atoms with van der Waals surface area (Å²) in [5.74, 6) is 0. The maximum atomic E-state index is 12.2. The van der Waals surface area contributed by atoms with Crippen LogP contribution in [-0.4, -0.2) is 6.54 Å². The van der Waals surface area contributed by atoms with Gasteiger partial charge in [-0.05, 0) is 38.1 Å². The van der Waals surface area contributed by atoms with Crippen molar-refractivity contribution >= 4 is 5.69 Å². The van der Waals surface area contributed by atoms with E-state index in [1.165, 1.54) is 17.7 Å². The Labute approximate surface area is 93.0 Å². The molecule has 0 saturated carbocycles. The van der Waals surface area contributed by atoms with Crippen LogP contribution in [-0.2, 0) is 6.18 Å². The van der Waals surface area contributed by atoms with E-state index in [1.807, 2.05) is 19.9 Å². The van der Waals surface area contributed by atoms with Gasteiger partial charge in [0.1, 0.15) is 0 Å². The summed E-state index contributed by atoms with van der Waals surface area (Å²) in [6.45, 7) is 4.55. The molecule has 0 saturated heterocycles. The van der Waals surface area contributed by atoms with Crippen LogP contribution in [0.4, 0.5) is 18.9 Å². The van der Waals surface area contributed by atoms with Crippen molar-refractivity contribution in [3.8, 4) is 0 Å². The van der Waals surface area contributed by atoms with Gasteiger partial charge in [-0.25, -0.2) is 0 Å². The number of rotatable bonds is 3. The van der Waals surface area contributed by atoms with Crippen LogP contribution >= 0.6 is 0 Å². The highest BCUT2D eigenvalue weighted by Gasteiger charge is 2.29. The zero-order chi connectivity index (χ0) is 12.2. The third kappa shape index (κ3) is 3.96. The van der Waals surface area contributed by atoms with Gasteiger partial charge >= 0.3 is 6.18 Å². The lowest BCUT2D eigenvalue weighted by Gasteiger charge is -2.08. The second-order valence-electron chi connectivity index (χ2n) is 3.74. The first-order chi connectivity index (χ1) is 7.39. The summed E-state index contributed by atoms with van der Waals surface area (Å²) < 4.78 is 36.7. The molecule has 4 heteroatoms. The molecule has 0 atom stereocenters. The number of hydrogen-bond donors (Lipinski definition) is 1. The molecule has 0 amide bonds. The summed E-state index contributed by atoms with van der Waals surface area (Å²) in [5.41, 5.74) is 1.23. The van der Waals surface area contributed by atoms with Crippen molar-refractivity contribution in [3.05, 3.63) is 41.5 Å². The van der Waals surface area contributed by atoms with Crippen LogP contribution in [0.25, 0.3) is 0 Å². The van der Waals surface area contributed by atoms with Crippen LogP contribution in [0.5, 0.6) is 0 Å². The lowest BCUT2D eigenvalue weighted by molar-refractivity contribution is -0.137. The van der Waals surface area contributed by atoms with Gasteiger partial charge in [0.2, 0.25) is 0 Å². The largest absolute Gasteiger partial charge is 0.416 e. The highest BCUT2D eigenvalue weighted by Crippen LogP contribution is 2.29. The van der Waals surface area contributed by atoms with Gasteiger partial charge in [-0.15, -0.1) is 0 Å². The molecule has 16 heavy (non-hydrogen) atoms. The van der Waals surface area contributed by atoms with E-state index in [0.717, 1.165) is 12.1 Å². The molecule has 0 aromatic heterocycles. The maximum absolute atomic E-state index is 12.2. The fourth-order valence-electron chi connectivity index (χ4n) is 1.15. The van der Waals surface area contributed by atoms with Crippen molar-refractivity contribution in [3.63, 3.8) is 0 Å². The van der Waals surface area contributed by atoms with E-state index in [1.54, 1.807) is 0 Å². The van der Waals surface area contributed by atoms with Gasteiger partial charge in [0.25, 0.3) is 0 Å². The van der Waals surface area contributed by atoms with Gasteiger partial charge < -0.3 is 5.32 Å². The van der Waals surface area contributed by atoms with E-state index in [-0.39, 0.29) is 0 Å². The quantitative estimate of drug-likeness (QED) is 0.770. The average molecular weight is 229 g/mol. The minimum atomic E-state index is -4.27. The summed E-state index contributed by atoms with van der Waals surface area (Å²) in [7, 11) is 0. The number of benzene rings is 1. The normalized spacial score (nSPS) is 11.1. The molecule has 1 aromatic carbocycles. The molecule has 0 aliphatic rings. The number of nitrogens with one attached hydrogen (secondary N) is 1. The van der Waals surface area contributed by atoms with Gasteiger partial charge in [0.15, 0.2) is 0 Å². The Balaban J connectivity index is 2.62. The van der Waals surface area contributed by atoms with E-state index >= 15 is 0 Å². The molecule has 88 valence electrons. The summed E-state index contributed by atoms with van der Waals surface area (Å²) >= 11 is 0. The zero-order valence-electron chi connectivity index (χ0n) is 9.23. The fourth-order valence-corrected chi connectivity index (χ4v) is 1.15. The molecule has 0 radical (unpaired) electrons. The monoisotopic (exact) mass is 229 g/mol. The molecule has 1 nitrogen and oxygen atoms in total. The Morgan fingerprint density at radius 3 is 2.19 bits per heavy atom. The highest BCUT2D eigenvalue weighted by atomic mass is 19.4. The topological polar surface area (TPSA) is 12.0 Å². The average Bonchev–Trinajstić information content (AvgIpc) is 2.16. The standard InChI is InChI=1S/C12H14F3N/c1-9(2)7-8-16-11-5-3-10(4-6-11)12(13,14)15/h3-7,16H,8H2,1-2H3. The Morgan fingerprint density at radius 2 is 1.75 bits per heavy atom. The van der Waals surface area contributed by atoms with Crippen LogP contribution in [0.3, 0.4) is 0 Å². The predicted molar refractivity (Wildman–Crippen MR) is 59.4 cm³/mol. The van der Waals surface area contributed by atoms with Crippen molar-refractivity contribution in [1.29, 1.82) is 0 Å². The SMILES string of the molecule is CC(C)=CCNc1ccc(C(F)(F)F)cc1. The van der Waals surface area contributed by atoms with Gasteiger partial charge in [0, 0.05) is 12.2 Å². The van der Waals surface area contributed by atoms with Crippen LogP contribution in [0.15, 0.2) is 35.9 Å². The van der Waals surface area contributed by atoms with Crippen molar-refractivity contribution in [1.82, 2.24) is 0 Å². The first-order valence-electron chi connectivity index (χ1n) is 4.94. The predicted octanol–water partition coefficient (Wildman–Crippen LogP) is 4.08. The maximum Gasteiger partial charge on any atom is 0.416 e. The van der Waals surface area contributed by atoms with E-state index in [0.29, 0.717) is 12.2 Å². The number of allylic oxidation sites excluding steroid dienone is 1. The van der Waals surface area contributed by atoms with Crippen LogP contribution < -0.4 is 5.32 Å². The van der Waals surface area contributed by atoms with E-state index in [2.05, 4.69) is 5.32 Å². The molecule has 0 heterocycles. The fraction of sp³-hybridized carbons (Fsp3) is 0.333. The van der Waals surface area contributed by atoms with E-state index in [9.17, 15) is 13.2 Å². The van der Waals surface area contributed by atoms with Crippen molar-refractivity contribution < 1.29 is 13.2 Å². The number of hydrogen-bond acceptors (Lipinski definition) is 1. The zero-order valence-corrected chi connectivity index (χ0v) is 9.23. The Kier molecular flexibility index (Phi) is 3.99. The smallest absolute Gasteiger partial charge is 0.382 e. The molecule has 1 aromatic rings. The molecule has 0 spiro atoms. The van der Waals surface area contributed by atoms with Crippen molar-refractivity contribution in [2.45, 2.75) is 20.0 Å². The van der Waals surface area contributed by atoms with Gasteiger partial charge in [-0.1, -0.05) is 11.6 Å². The van der Waals surface area contributed by atoms with Gasteiger partial charge in [-0.3, -0.25) is 0 Å². The van der Waals surface area contributed by atoms with Gasteiger partial charge in [0.05, 0.1) is 5.56 Å². The summed E-state index contributed by atoms with van der Waals surface area (Å²) in [6.07, 6.45) is -2.30. The molecule has 0 unspecified atom stereocenters. The van der Waals surface area contributed by atoms with E-state index < -0.39 is 11.7 Å². The minimum absolute atomic E-state index is 0.619. The Hall–Kier alpha value is -1.45. The minimum Gasteiger partial charge on any atom is -0.382 e. The molecule has 0 fully saturated rings. The van der Waals surface area contributed by atoms with E-state index in [4.69, 9.17) is 0 Å². The second kappa shape index (κ2) is 5.05. The lowest BCUT2D eigenvalue weighted by Crippen LogP contribution is -2.05. The molecule has 0 bridgehead atoms. The Bertz CT molecular complexity index is 359. The molecule has 1 N–H and O–H groups in total. The second-order valence-corrected chi connectivity index (χ2v) is 3.74. The van der Waals surface area contributed by atoms with Crippen LogP contribution in [0, 0.1) is 0 Å². The lowest BCUT2D eigenvalue weighted by atomic mass is 10.2. The van der Waals surface area contributed by atoms with Crippen LogP contribution in [0.2, 0.25) is 0 Å². The molecular formula is C12H14F3N. The summed E-state index contributed by atoms with van der Waals surface area (Å²) in [5, 5.41) is 3.01. The number of anilines is 1. The third-order valence-electron chi connectivity index (χ3n) is 2.03. The number of halogens is 3.